The van der Waals surface area contributed by atoms with Gasteiger partial charge in [0.05, 0.1) is 10.6 Å². The van der Waals surface area contributed by atoms with Gasteiger partial charge >= 0.3 is 0 Å². The molecule has 1 N–H and O–H groups in total. The Morgan fingerprint density at radius 2 is 1.79 bits per heavy atom. The van der Waals surface area contributed by atoms with Gasteiger partial charge in [0.25, 0.3) is 10.0 Å². The van der Waals surface area contributed by atoms with E-state index in [4.69, 9.17) is 16.3 Å². The molecule has 0 saturated heterocycles. The van der Waals surface area contributed by atoms with Crippen LogP contribution in [0.4, 0.5) is 11.4 Å². The molecule has 0 radical (unpaired) electrons. The van der Waals surface area contributed by atoms with Crippen LogP contribution >= 0.6 is 11.6 Å². The Kier molecular flexibility index (Phi) is 7.79. The number of nitrogens with zero attached hydrogens (tertiary/aromatic N) is 1. The second-order valence-corrected chi connectivity index (χ2v) is 9.71. The molecule has 6 nitrogen and oxygen atoms in total. The Morgan fingerprint density at radius 1 is 1.06 bits per heavy atom. The molecule has 172 valence electrons. The van der Waals surface area contributed by atoms with Crippen molar-refractivity contribution in [2.45, 2.75) is 18.7 Å². The maximum Gasteiger partial charge on any atom is 0.264 e. The summed E-state index contributed by atoms with van der Waals surface area (Å²) < 4.78 is 33.5. The van der Waals surface area contributed by atoms with Gasteiger partial charge in [-0.1, -0.05) is 36.4 Å². The SMILES string of the molecule is C=CCOc1cccc(NC(=O)CN(c2ccc(C)c(C)c2)S(=O)(=O)c2ccc(Cl)cc2)c1. The number of halogens is 1. The first kappa shape index (κ1) is 24.4. The third-order valence-corrected chi connectivity index (χ3v) is 6.99. The first-order valence-electron chi connectivity index (χ1n) is 10.2. The molecule has 0 bridgehead atoms. The molecular formula is C25H25ClN2O4S. The van der Waals surface area contributed by atoms with E-state index in [1.165, 1.54) is 24.3 Å². The second kappa shape index (κ2) is 10.6. The van der Waals surface area contributed by atoms with Crippen LogP contribution in [0, 0.1) is 13.8 Å². The fourth-order valence-corrected chi connectivity index (χ4v) is 4.62. The van der Waals surface area contributed by atoms with Crippen molar-refractivity contribution in [2.24, 2.45) is 0 Å². The predicted molar refractivity (Wildman–Crippen MR) is 133 cm³/mol. The molecule has 3 aromatic rings. The number of rotatable bonds is 9. The van der Waals surface area contributed by atoms with Gasteiger partial charge in [0.2, 0.25) is 5.91 Å². The summed E-state index contributed by atoms with van der Waals surface area (Å²) in [4.78, 5) is 12.9. The lowest BCUT2D eigenvalue weighted by Gasteiger charge is -2.25. The van der Waals surface area contributed by atoms with E-state index in [1.54, 1.807) is 42.5 Å². The predicted octanol–water partition coefficient (Wildman–Crippen LogP) is 5.36. The molecule has 0 aliphatic rings. The fraction of sp³-hybridized carbons (Fsp3) is 0.160. The lowest BCUT2D eigenvalue weighted by atomic mass is 10.1. The molecule has 0 atom stereocenters. The average molecular weight is 485 g/mol. The lowest BCUT2D eigenvalue weighted by molar-refractivity contribution is -0.114. The van der Waals surface area contributed by atoms with E-state index in [9.17, 15) is 13.2 Å². The van der Waals surface area contributed by atoms with Gasteiger partial charge < -0.3 is 10.1 Å². The number of ether oxygens (including phenoxy) is 1. The van der Waals surface area contributed by atoms with Gasteiger partial charge in [-0.05, 0) is 73.5 Å². The van der Waals surface area contributed by atoms with E-state index in [0.29, 0.717) is 28.8 Å². The van der Waals surface area contributed by atoms with Crippen molar-refractivity contribution < 1.29 is 17.9 Å². The number of sulfonamides is 1. The molecule has 0 aromatic heterocycles. The molecule has 0 heterocycles. The molecule has 0 saturated carbocycles. The number of carbonyl (C=O) groups excluding carboxylic acids is 1. The maximum absolute atomic E-state index is 13.5. The number of anilines is 2. The van der Waals surface area contributed by atoms with Crippen LogP contribution in [0.25, 0.3) is 0 Å². The topological polar surface area (TPSA) is 75.7 Å². The van der Waals surface area contributed by atoms with Crippen LogP contribution in [0.5, 0.6) is 5.75 Å². The first-order valence-corrected chi connectivity index (χ1v) is 12.0. The molecule has 0 unspecified atom stereocenters. The Morgan fingerprint density at radius 3 is 2.45 bits per heavy atom. The molecule has 33 heavy (non-hydrogen) atoms. The van der Waals surface area contributed by atoms with E-state index in [0.717, 1.165) is 15.4 Å². The van der Waals surface area contributed by atoms with Crippen molar-refractivity contribution >= 4 is 38.9 Å². The number of nitrogens with one attached hydrogen (secondary N) is 1. The van der Waals surface area contributed by atoms with E-state index in [-0.39, 0.29) is 4.90 Å². The summed E-state index contributed by atoms with van der Waals surface area (Å²) in [5, 5.41) is 3.17. The normalized spacial score (nSPS) is 11.0. The molecule has 1 amide bonds. The van der Waals surface area contributed by atoms with E-state index < -0.39 is 22.5 Å². The molecule has 0 spiro atoms. The molecule has 8 heteroatoms. The van der Waals surface area contributed by atoms with Gasteiger partial charge in [-0.3, -0.25) is 9.10 Å². The summed E-state index contributed by atoms with van der Waals surface area (Å²) in [5.74, 6) is 0.0686. The zero-order valence-corrected chi connectivity index (χ0v) is 20.0. The maximum atomic E-state index is 13.5. The van der Waals surface area contributed by atoms with Crippen molar-refractivity contribution in [1.29, 1.82) is 0 Å². The number of benzene rings is 3. The highest BCUT2D eigenvalue weighted by Crippen LogP contribution is 2.27. The molecule has 0 fully saturated rings. The zero-order valence-electron chi connectivity index (χ0n) is 18.4. The minimum Gasteiger partial charge on any atom is -0.489 e. The fourth-order valence-electron chi connectivity index (χ4n) is 3.08. The zero-order chi connectivity index (χ0) is 24.0. The number of hydrogen-bond acceptors (Lipinski definition) is 4. The Balaban J connectivity index is 1.91. The van der Waals surface area contributed by atoms with Crippen LogP contribution in [-0.2, 0) is 14.8 Å². The molecular weight excluding hydrogens is 460 g/mol. The summed E-state index contributed by atoms with van der Waals surface area (Å²) in [5.41, 5.74) is 2.82. The quantitative estimate of drug-likeness (QED) is 0.415. The largest absolute Gasteiger partial charge is 0.489 e. The number of carbonyl (C=O) groups is 1. The Labute approximate surface area is 199 Å². The number of hydrogen-bond donors (Lipinski definition) is 1. The summed E-state index contributed by atoms with van der Waals surface area (Å²) in [6.45, 7) is 7.35. The van der Waals surface area contributed by atoms with Crippen LogP contribution in [-0.4, -0.2) is 27.5 Å². The van der Waals surface area contributed by atoms with Crippen LogP contribution in [0.2, 0.25) is 5.02 Å². The Hall–Kier alpha value is -3.29. The van der Waals surface area contributed by atoms with Gasteiger partial charge in [-0.2, -0.15) is 0 Å². The summed E-state index contributed by atoms with van der Waals surface area (Å²) in [6, 6.07) is 18.0. The van der Waals surface area contributed by atoms with Crippen LogP contribution < -0.4 is 14.4 Å². The standard InChI is InChI=1S/C25H25ClN2O4S/c1-4-14-32-23-7-5-6-21(16-23)27-25(29)17-28(22-11-8-18(2)19(3)15-22)33(30,31)24-12-9-20(26)10-13-24/h4-13,15-16H,1,14,17H2,2-3H3,(H,27,29). The van der Waals surface area contributed by atoms with Crippen LogP contribution in [0.3, 0.4) is 0 Å². The van der Waals surface area contributed by atoms with Crippen molar-refractivity contribution in [1.82, 2.24) is 0 Å². The number of amides is 1. The van der Waals surface area contributed by atoms with Crippen molar-refractivity contribution in [3.8, 4) is 5.75 Å². The first-order chi connectivity index (χ1) is 15.7. The summed E-state index contributed by atoms with van der Waals surface area (Å²) >= 11 is 5.93. The number of aryl methyl sites for hydroxylation is 2. The highest BCUT2D eigenvalue weighted by Gasteiger charge is 2.27. The summed E-state index contributed by atoms with van der Waals surface area (Å²) in [7, 11) is -4.03. The smallest absolute Gasteiger partial charge is 0.264 e. The molecule has 0 aliphatic heterocycles. The van der Waals surface area contributed by atoms with Gasteiger partial charge in [0.1, 0.15) is 18.9 Å². The van der Waals surface area contributed by atoms with Gasteiger partial charge in [0, 0.05) is 16.8 Å². The highest BCUT2D eigenvalue weighted by molar-refractivity contribution is 7.92. The lowest BCUT2D eigenvalue weighted by Crippen LogP contribution is -2.38. The van der Waals surface area contributed by atoms with Gasteiger partial charge in [-0.15, -0.1) is 0 Å². The molecule has 3 rings (SSSR count). The highest BCUT2D eigenvalue weighted by atomic mass is 35.5. The second-order valence-electron chi connectivity index (χ2n) is 7.41. The van der Waals surface area contributed by atoms with Gasteiger partial charge in [-0.25, -0.2) is 8.42 Å². The van der Waals surface area contributed by atoms with E-state index in [1.807, 2.05) is 19.9 Å². The molecule has 3 aromatic carbocycles. The minimum absolute atomic E-state index is 0.0396. The Bertz CT molecular complexity index is 1260. The third-order valence-electron chi connectivity index (χ3n) is 4.95. The third kappa shape index (κ3) is 6.15. The van der Waals surface area contributed by atoms with E-state index in [2.05, 4.69) is 11.9 Å². The van der Waals surface area contributed by atoms with Crippen molar-refractivity contribution in [2.75, 3.05) is 22.8 Å². The van der Waals surface area contributed by atoms with Gasteiger partial charge in [0.15, 0.2) is 0 Å². The molecule has 0 aliphatic carbocycles. The van der Waals surface area contributed by atoms with Crippen molar-refractivity contribution in [3.05, 3.63) is 95.5 Å². The summed E-state index contributed by atoms with van der Waals surface area (Å²) in [6.07, 6.45) is 1.62. The monoisotopic (exact) mass is 484 g/mol. The van der Waals surface area contributed by atoms with Crippen molar-refractivity contribution in [3.63, 3.8) is 0 Å². The van der Waals surface area contributed by atoms with Crippen LogP contribution in [0.1, 0.15) is 11.1 Å². The van der Waals surface area contributed by atoms with Crippen LogP contribution in [0.15, 0.2) is 84.3 Å². The minimum atomic E-state index is -4.03. The van der Waals surface area contributed by atoms with E-state index >= 15 is 0 Å². The average Bonchev–Trinajstić information content (AvgIpc) is 2.78.